The first kappa shape index (κ1) is 24.3. The minimum atomic E-state index is -0.745. The van der Waals surface area contributed by atoms with Crippen molar-refractivity contribution < 1.29 is 18.1 Å². The van der Waals surface area contributed by atoms with Crippen molar-refractivity contribution >= 4 is 40.7 Å². The van der Waals surface area contributed by atoms with Crippen molar-refractivity contribution in [2.75, 3.05) is 26.1 Å². The van der Waals surface area contributed by atoms with Crippen LogP contribution in [0.15, 0.2) is 17.1 Å². The standard InChI is InChI=1S/C20H30FN3O3S.HI/c1-3-28(25)18-6-4-5-17(11-18)24-20(22-2)23-8-7-14-9-16(21)10-15-12-26-13-27-19(14)15;/h9-10,17-18H,3-8,11-13H2,1-2H3,(H2,22,23,24);1H. The van der Waals surface area contributed by atoms with Gasteiger partial charge in [0.05, 0.1) is 6.61 Å². The highest BCUT2D eigenvalue weighted by molar-refractivity contribution is 14.0. The van der Waals surface area contributed by atoms with Crippen LogP contribution >= 0.6 is 24.0 Å². The zero-order chi connectivity index (χ0) is 19.9. The molecule has 0 aromatic heterocycles. The molecule has 6 nitrogen and oxygen atoms in total. The summed E-state index contributed by atoms with van der Waals surface area (Å²) in [6.07, 6.45) is 4.71. The third-order valence-corrected chi connectivity index (χ3v) is 7.03. The molecular formula is C20H31FIN3O3S. The Morgan fingerprint density at radius 1 is 1.38 bits per heavy atom. The lowest BCUT2D eigenvalue weighted by molar-refractivity contribution is -0.0172. The smallest absolute Gasteiger partial charge is 0.191 e. The minimum Gasteiger partial charge on any atom is -0.467 e. The molecule has 2 aliphatic rings. The third-order valence-electron chi connectivity index (χ3n) is 5.29. The zero-order valence-corrected chi connectivity index (χ0v) is 20.2. The van der Waals surface area contributed by atoms with Crippen LogP contribution in [0.1, 0.15) is 43.7 Å². The van der Waals surface area contributed by atoms with Gasteiger partial charge in [-0.05, 0) is 43.4 Å². The Bertz CT molecular complexity index is 735. The predicted molar refractivity (Wildman–Crippen MR) is 125 cm³/mol. The minimum absolute atomic E-state index is 0. The van der Waals surface area contributed by atoms with Crippen LogP contribution in [-0.4, -0.2) is 47.6 Å². The van der Waals surface area contributed by atoms with Gasteiger partial charge in [-0.2, -0.15) is 0 Å². The average molecular weight is 539 g/mol. The van der Waals surface area contributed by atoms with E-state index in [1.54, 1.807) is 7.05 Å². The molecule has 3 atom stereocenters. The molecule has 0 saturated heterocycles. The van der Waals surface area contributed by atoms with E-state index in [1.807, 2.05) is 6.92 Å². The van der Waals surface area contributed by atoms with Crippen molar-refractivity contribution in [1.82, 2.24) is 10.6 Å². The van der Waals surface area contributed by atoms with Gasteiger partial charge in [-0.1, -0.05) is 13.3 Å². The van der Waals surface area contributed by atoms with Crippen LogP contribution in [-0.2, 0) is 28.6 Å². The van der Waals surface area contributed by atoms with Gasteiger partial charge < -0.3 is 20.1 Å². The van der Waals surface area contributed by atoms with Gasteiger partial charge in [0, 0.05) is 47.0 Å². The number of guanidine groups is 1. The number of fused-ring (bicyclic) bond motifs is 1. The summed E-state index contributed by atoms with van der Waals surface area (Å²) >= 11 is 0. The fourth-order valence-corrected chi connectivity index (χ4v) is 5.24. The molecule has 9 heteroatoms. The van der Waals surface area contributed by atoms with Crippen LogP contribution in [0.25, 0.3) is 0 Å². The number of hydrogen-bond donors (Lipinski definition) is 2. The average Bonchev–Trinajstić information content (AvgIpc) is 2.72. The number of nitrogens with one attached hydrogen (secondary N) is 2. The Morgan fingerprint density at radius 2 is 2.21 bits per heavy atom. The highest BCUT2D eigenvalue weighted by Crippen LogP contribution is 2.29. The van der Waals surface area contributed by atoms with Gasteiger partial charge in [-0.3, -0.25) is 9.20 Å². The van der Waals surface area contributed by atoms with Gasteiger partial charge in [-0.15, -0.1) is 24.0 Å². The summed E-state index contributed by atoms with van der Waals surface area (Å²) in [5.41, 5.74) is 1.58. The molecular weight excluding hydrogens is 508 g/mol. The van der Waals surface area contributed by atoms with E-state index in [1.165, 1.54) is 12.1 Å². The van der Waals surface area contributed by atoms with Crippen LogP contribution in [0.4, 0.5) is 4.39 Å². The van der Waals surface area contributed by atoms with Gasteiger partial charge in [0.25, 0.3) is 0 Å². The molecule has 1 aliphatic heterocycles. The summed E-state index contributed by atoms with van der Waals surface area (Å²) in [4.78, 5) is 4.30. The van der Waals surface area contributed by atoms with Crippen molar-refractivity contribution in [1.29, 1.82) is 0 Å². The summed E-state index contributed by atoms with van der Waals surface area (Å²) in [6.45, 7) is 3.16. The van der Waals surface area contributed by atoms with Crippen molar-refractivity contribution in [3.8, 4) is 5.75 Å². The van der Waals surface area contributed by atoms with E-state index in [2.05, 4.69) is 15.6 Å². The van der Waals surface area contributed by atoms with E-state index >= 15 is 0 Å². The predicted octanol–water partition coefficient (Wildman–Crippen LogP) is 3.10. The molecule has 3 rings (SSSR count). The molecule has 1 aromatic rings. The third kappa shape index (κ3) is 6.78. The largest absolute Gasteiger partial charge is 0.467 e. The Labute approximate surface area is 191 Å². The first-order valence-electron chi connectivity index (χ1n) is 9.97. The number of ether oxygens (including phenoxy) is 2. The number of nitrogens with zero attached hydrogens (tertiary/aromatic N) is 1. The first-order chi connectivity index (χ1) is 13.6. The van der Waals surface area contributed by atoms with Crippen LogP contribution in [0.2, 0.25) is 0 Å². The maximum absolute atomic E-state index is 13.9. The summed E-state index contributed by atoms with van der Waals surface area (Å²) in [6, 6.07) is 3.27. The van der Waals surface area contributed by atoms with Crippen LogP contribution in [0.3, 0.4) is 0 Å². The molecule has 164 valence electrons. The molecule has 0 spiro atoms. The van der Waals surface area contributed by atoms with Crippen LogP contribution < -0.4 is 15.4 Å². The normalized spacial score (nSPS) is 22.7. The lowest BCUT2D eigenvalue weighted by atomic mass is 9.95. The summed E-state index contributed by atoms with van der Waals surface area (Å²) in [5.74, 6) is 1.90. The van der Waals surface area contributed by atoms with Gasteiger partial charge in [0.15, 0.2) is 12.8 Å². The van der Waals surface area contributed by atoms with E-state index in [0.717, 1.165) is 54.3 Å². The molecule has 1 saturated carbocycles. The number of halogens is 2. The second-order valence-electron chi connectivity index (χ2n) is 7.21. The van der Waals surface area contributed by atoms with Gasteiger partial charge >= 0.3 is 0 Å². The number of aliphatic imine (C=N–C) groups is 1. The highest BCUT2D eigenvalue weighted by Gasteiger charge is 2.26. The molecule has 1 fully saturated rings. The zero-order valence-electron chi connectivity index (χ0n) is 17.0. The lowest BCUT2D eigenvalue weighted by Gasteiger charge is -2.30. The second-order valence-corrected chi connectivity index (χ2v) is 9.22. The first-order valence-corrected chi connectivity index (χ1v) is 11.3. The van der Waals surface area contributed by atoms with Crippen LogP contribution in [0.5, 0.6) is 5.75 Å². The van der Waals surface area contributed by atoms with Crippen molar-refractivity contribution in [2.45, 2.75) is 56.9 Å². The van der Waals surface area contributed by atoms with E-state index in [-0.39, 0.29) is 47.9 Å². The number of rotatable bonds is 6. The van der Waals surface area contributed by atoms with E-state index in [0.29, 0.717) is 19.6 Å². The SMILES string of the molecule is CCS(=O)C1CCCC(NC(=NC)NCCc2cc(F)cc3c2OCOC3)C1.I. The Kier molecular flexibility index (Phi) is 10.1. The number of benzene rings is 1. The molecule has 1 heterocycles. The van der Waals surface area contributed by atoms with Crippen molar-refractivity contribution in [3.63, 3.8) is 0 Å². The number of hydrogen-bond acceptors (Lipinski definition) is 4. The van der Waals surface area contributed by atoms with Crippen molar-refractivity contribution in [2.24, 2.45) is 4.99 Å². The molecule has 3 unspecified atom stereocenters. The van der Waals surface area contributed by atoms with Crippen LogP contribution in [0, 0.1) is 5.82 Å². The van der Waals surface area contributed by atoms with Gasteiger partial charge in [0.1, 0.15) is 11.6 Å². The molecule has 0 bridgehead atoms. The second kappa shape index (κ2) is 12.0. The quantitative estimate of drug-likeness (QED) is 0.331. The highest BCUT2D eigenvalue weighted by atomic mass is 127. The Morgan fingerprint density at radius 3 is 2.97 bits per heavy atom. The molecule has 0 radical (unpaired) electrons. The maximum Gasteiger partial charge on any atom is 0.191 e. The van der Waals surface area contributed by atoms with E-state index < -0.39 is 10.8 Å². The molecule has 1 aliphatic carbocycles. The fraction of sp³-hybridized carbons (Fsp3) is 0.650. The molecule has 1 aromatic carbocycles. The monoisotopic (exact) mass is 539 g/mol. The van der Waals surface area contributed by atoms with Crippen molar-refractivity contribution in [3.05, 3.63) is 29.1 Å². The Balaban J connectivity index is 0.00000300. The lowest BCUT2D eigenvalue weighted by Crippen LogP contribution is -2.47. The fourth-order valence-electron chi connectivity index (χ4n) is 3.90. The molecule has 2 N–H and O–H groups in total. The molecule has 0 amide bonds. The van der Waals surface area contributed by atoms with Gasteiger partial charge in [0.2, 0.25) is 0 Å². The summed E-state index contributed by atoms with van der Waals surface area (Å²) in [7, 11) is 0.996. The Hall–Kier alpha value is -0.940. The van der Waals surface area contributed by atoms with E-state index in [9.17, 15) is 8.60 Å². The molecule has 29 heavy (non-hydrogen) atoms. The summed E-state index contributed by atoms with van der Waals surface area (Å²) < 4.78 is 36.8. The van der Waals surface area contributed by atoms with E-state index in [4.69, 9.17) is 9.47 Å². The maximum atomic E-state index is 13.9. The van der Waals surface area contributed by atoms with Gasteiger partial charge in [-0.25, -0.2) is 4.39 Å². The topological polar surface area (TPSA) is 72.0 Å². The summed E-state index contributed by atoms with van der Waals surface area (Å²) in [5, 5.41) is 7.03.